The molecule has 4 heteroatoms. The smallest absolute Gasteiger partial charge is 0.132 e. The lowest BCUT2D eigenvalue weighted by Gasteiger charge is -2.01. The third-order valence-corrected chi connectivity index (χ3v) is 3.48. The number of rotatable bonds is 6. The molecule has 0 atom stereocenters. The van der Waals surface area contributed by atoms with E-state index in [4.69, 9.17) is 11.6 Å². The number of nitrogens with zero attached hydrogens (tertiary/aromatic N) is 2. The van der Waals surface area contributed by atoms with Crippen LogP contribution in [0.25, 0.3) is 0 Å². The van der Waals surface area contributed by atoms with Gasteiger partial charge in [0.1, 0.15) is 5.82 Å². The first-order valence-corrected chi connectivity index (χ1v) is 7.67. The van der Waals surface area contributed by atoms with Crippen LogP contribution >= 0.6 is 11.6 Å². The maximum Gasteiger partial charge on any atom is 0.132 e. The summed E-state index contributed by atoms with van der Waals surface area (Å²) < 4.78 is 13.9. The number of hydrogen-bond acceptors (Lipinski definition) is 2. The molecule has 0 unspecified atom stereocenters. The van der Waals surface area contributed by atoms with E-state index in [-0.39, 0.29) is 5.82 Å². The molecule has 0 N–H and O–H groups in total. The predicted molar refractivity (Wildman–Crippen MR) is 91.7 cm³/mol. The molecule has 2 aromatic carbocycles. The fourth-order valence-electron chi connectivity index (χ4n) is 1.96. The van der Waals surface area contributed by atoms with Crippen molar-refractivity contribution >= 4 is 24.0 Å². The van der Waals surface area contributed by atoms with E-state index in [9.17, 15) is 4.39 Å². The van der Waals surface area contributed by atoms with E-state index in [1.165, 1.54) is 6.21 Å². The second-order valence-electron chi connectivity index (χ2n) is 5.00. The SMILES string of the molecule is CCCCc1ccc(/C=N/N=C/c2ccc(Cl)cc2)c(F)c1. The maximum atomic E-state index is 13.9. The van der Waals surface area contributed by atoms with Gasteiger partial charge < -0.3 is 0 Å². The lowest BCUT2D eigenvalue weighted by atomic mass is 10.1. The Kier molecular flexibility index (Phi) is 6.28. The minimum atomic E-state index is -0.265. The molecule has 0 spiro atoms. The molecule has 0 heterocycles. The lowest BCUT2D eigenvalue weighted by molar-refractivity contribution is 0.622. The second kappa shape index (κ2) is 8.44. The number of aryl methyl sites for hydroxylation is 1. The van der Waals surface area contributed by atoms with Gasteiger partial charge in [0.05, 0.1) is 12.4 Å². The number of hydrogen-bond donors (Lipinski definition) is 0. The van der Waals surface area contributed by atoms with Crippen LogP contribution in [0, 0.1) is 5.82 Å². The van der Waals surface area contributed by atoms with Crippen LogP contribution in [0.15, 0.2) is 52.7 Å². The van der Waals surface area contributed by atoms with E-state index in [1.54, 1.807) is 30.5 Å². The van der Waals surface area contributed by atoms with E-state index < -0.39 is 0 Å². The Morgan fingerprint density at radius 3 is 2.45 bits per heavy atom. The molecular weight excluding hydrogens is 299 g/mol. The van der Waals surface area contributed by atoms with Gasteiger partial charge in [0.25, 0.3) is 0 Å². The number of halogens is 2. The van der Waals surface area contributed by atoms with Gasteiger partial charge in [0.15, 0.2) is 0 Å². The first kappa shape index (κ1) is 16.4. The standard InChI is InChI=1S/C18H18ClFN2/c1-2-3-4-14-5-8-16(18(20)11-14)13-22-21-12-15-6-9-17(19)10-7-15/h5-13H,2-4H2,1H3/b21-12+,22-13+. The Morgan fingerprint density at radius 1 is 1.05 bits per heavy atom. The van der Waals surface area contributed by atoms with Gasteiger partial charge in [-0.2, -0.15) is 10.2 Å². The van der Waals surface area contributed by atoms with E-state index in [2.05, 4.69) is 17.1 Å². The van der Waals surface area contributed by atoms with Crippen molar-refractivity contribution in [2.24, 2.45) is 10.2 Å². The molecule has 0 saturated heterocycles. The van der Waals surface area contributed by atoms with E-state index >= 15 is 0 Å². The maximum absolute atomic E-state index is 13.9. The zero-order chi connectivity index (χ0) is 15.8. The van der Waals surface area contributed by atoms with E-state index in [1.807, 2.05) is 18.2 Å². The summed E-state index contributed by atoms with van der Waals surface area (Å²) in [5.41, 5.74) is 2.34. The summed E-state index contributed by atoms with van der Waals surface area (Å²) in [5.74, 6) is -0.265. The van der Waals surface area contributed by atoms with E-state index in [0.29, 0.717) is 10.6 Å². The predicted octanol–water partition coefficient (Wildman–Crippen LogP) is 5.27. The summed E-state index contributed by atoms with van der Waals surface area (Å²) in [6.07, 6.45) is 6.09. The molecule has 0 radical (unpaired) electrons. The van der Waals surface area contributed by atoms with Gasteiger partial charge in [-0.15, -0.1) is 0 Å². The van der Waals surface area contributed by atoms with Crippen molar-refractivity contribution in [3.05, 3.63) is 70.0 Å². The molecular formula is C18H18ClFN2. The van der Waals surface area contributed by atoms with Crippen LogP contribution in [0.4, 0.5) is 4.39 Å². The van der Waals surface area contributed by atoms with Crippen LogP contribution in [0.5, 0.6) is 0 Å². The van der Waals surface area contributed by atoms with Gasteiger partial charge in [-0.25, -0.2) is 4.39 Å². The monoisotopic (exact) mass is 316 g/mol. The highest BCUT2D eigenvalue weighted by Crippen LogP contribution is 2.11. The average Bonchev–Trinajstić information content (AvgIpc) is 2.52. The van der Waals surface area contributed by atoms with Crippen LogP contribution in [0.1, 0.15) is 36.5 Å². The molecule has 22 heavy (non-hydrogen) atoms. The normalized spacial score (nSPS) is 11.6. The molecule has 2 rings (SSSR count). The van der Waals surface area contributed by atoms with Crippen molar-refractivity contribution in [3.8, 4) is 0 Å². The third kappa shape index (κ3) is 5.08. The first-order valence-electron chi connectivity index (χ1n) is 7.29. The Balaban J connectivity index is 1.99. The zero-order valence-corrected chi connectivity index (χ0v) is 13.2. The van der Waals surface area contributed by atoms with Gasteiger partial charge in [-0.1, -0.05) is 49.2 Å². The van der Waals surface area contributed by atoms with Crippen molar-refractivity contribution in [2.75, 3.05) is 0 Å². The summed E-state index contributed by atoms with van der Waals surface area (Å²) in [5, 5.41) is 8.47. The Labute approximate surface area is 135 Å². The van der Waals surface area contributed by atoms with E-state index in [0.717, 1.165) is 30.4 Å². The third-order valence-electron chi connectivity index (χ3n) is 3.22. The second-order valence-corrected chi connectivity index (χ2v) is 5.44. The minimum absolute atomic E-state index is 0.265. The summed E-state index contributed by atoms with van der Waals surface area (Å²) in [7, 11) is 0. The molecule has 0 aliphatic rings. The van der Waals surface area contributed by atoms with Gasteiger partial charge in [0, 0.05) is 10.6 Å². The first-order chi connectivity index (χ1) is 10.7. The van der Waals surface area contributed by atoms with Crippen LogP contribution in [0.3, 0.4) is 0 Å². The van der Waals surface area contributed by atoms with Gasteiger partial charge in [0.2, 0.25) is 0 Å². The molecule has 2 aromatic rings. The average molecular weight is 317 g/mol. The Morgan fingerprint density at radius 2 is 1.77 bits per heavy atom. The number of benzene rings is 2. The molecule has 0 aliphatic heterocycles. The van der Waals surface area contributed by atoms with Crippen molar-refractivity contribution in [1.29, 1.82) is 0 Å². The highest BCUT2D eigenvalue weighted by molar-refractivity contribution is 6.30. The van der Waals surface area contributed by atoms with Gasteiger partial charge in [-0.3, -0.25) is 0 Å². The molecule has 0 aliphatic carbocycles. The fourth-order valence-corrected chi connectivity index (χ4v) is 2.08. The molecule has 0 fully saturated rings. The Hall–Kier alpha value is -2.00. The molecule has 0 bridgehead atoms. The highest BCUT2D eigenvalue weighted by Gasteiger charge is 2.01. The fraction of sp³-hybridized carbons (Fsp3) is 0.222. The summed E-state index contributed by atoms with van der Waals surface area (Å²) in [6.45, 7) is 2.12. The van der Waals surface area contributed by atoms with Gasteiger partial charge in [-0.05, 0) is 42.2 Å². The van der Waals surface area contributed by atoms with Crippen molar-refractivity contribution in [2.45, 2.75) is 26.2 Å². The van der Waals surface area contributed by atoms with Crippen molar-refractivity contribution in [3.63, 3.8) is 0 Å². The van der Waals surface area contributed by atoms with Crippen LogP contribution in [-0.2, 0) is 6.42 Å². The largest absolute Gasteiger partial charge is 0.206 e. The minimum Gasteiger partial charge on any atom is -0.206 e. The van der Waals surface area contributed by atoms with Crippen LogP contribution in [0.2, 0.25) is 5.02 Å². The molecule has 0 amide bonds. The summed E-state index contributed by atoms with van der Waals surface area (Å²) >= 11 is 5.80. The molecule has 2 nitrogen and oxygen atoms in total. The quantitative estimate of drug-likeness (QED) is 0.512. The number of unbranched alkanes of at least 4 members (excludes halogenated alkanes) is 1. The summed E-state index contributed by atoms with van der Waals surface area (Å²) in [6, 6.07) is 12.5. The zero-order valence-electron chi connectivity index (χ0n) is 12.5. The van der Waals surface area contributed by atoms with Crippen LogP contribution < -0.4 is 0 Å². The Bertz CT molecular complexity index is 663. The molecule has 0 saturated carbocycles. The lowest BCUT2D eigenvalue weighted by Crippen LogP contribution is -1.92. The summed E-state index contributed by atoms with van der Waals surface area (Å²) in [4.78, 5) is 0. The van der Waals surface area contributed by atoms with Gasteiger partial charge >= 0.3 is 0 Å². The van der Waals surface area contributed by atoms with Crippen LogP contribution in [-0.4, -0.2) is 12.4 Å². The molecule has 0 aromatic heterocycles. The topological polar surface area (TPSA) is 24.7 Å². The molecule has 114 valence electrons. The van der Waals surface area contributed by atoms with Crippen molar-refractivity contribution < 1.29 is 4.39 Å². The van der Waals surface area contributed by atoms with Crippen molar-refractivity contribution in [1.82, 2.24) is 0 Å². The highest BCUT2D eigenvalue weighted by atomic mass is 35.5.